The Labute approximate surface area is 88.5 Å². The van der Waals surface area contributed by atoms with Gasteiger partial charge in [0.25, 0.3) is 0 Å². The molecule has 84 valence electrons. The highest BCUT2D eigenvalue weighted by molar-refractivity contribution is 5.36. The number of nitrogen functional groups attached to an aromatic ring is 1. The highest BCUT2D eigenvalue weighted by atomic mass is 16.5. The van der Waals surface area contributed by atoms with Gasteiger partial charge in [0.2, 0.25) is 5.95 Å². The molecule has 0 bridgehead atoms. The zero-order valence-corrected chi connectivity index (χ0v) is 8.52. The second-order valence-electron chi connectivity index (χ2n) is 2.92. The van der Waals surface area contributed by atoms with Gasteiger partial charge in [0.15, 0.2) is 0 Å². The van der Waals surface area contributed by atoms with Gasteiger partial charge in [-0.25, -0.2) is 4.98 Å². The molecule has 0 saturated heterocycles. The van der Waals surface area contributed by atoms with Crippen molar-refractivity contribution in [3.8, 4) is 0 Å². The molecule has 1 rings (SSSR count). The molecule has 6 nitrogen and oxygen atoms in total. The number of anilines is 2. The van der Waals surface area contributed by atoms with Crippen LogP contribution in [-0.2, 0) is 4.74 Å². The molecule has 0 spiro atoms. The van der Waals surface area contributed by atoms with E-state index < -0.39 is 0 Å². The van der Waals surface area contributed by atoms with E-state index in [1.165, 1.54) is 0 Å². The number of aliphatic hydroxyl groups is 1. The van der Waals surface area contributed by atoms with Gasteiger partial charge in [-0.15, -0.1) is 0 Å². The Morgan fingerprint density at radius 3 is 3.07 bits per heavy atom. The third kappa shape index (κ3) is 5.14. The lowest BCUT2D eigenvalue weighted by Gasteiger charge is -2.05. The van der Waals surface area contributed by atoms with E-state index in [9.17, 15) is 0 Å². The Balaban J connectivity index is 2.10. The lowest BCUT2D eigenvalue weighted by Crippen LogP contribution is -2.09. The van der Waals surface area contributed by atoms with Crippen LogP contribution in [0.4, 0.5) is 11.8 Å². The molecule has 0 unspecified atom stereocenters. The average molecular weight is 212 g/mol. The molecule has 6 heteroatoms. The van der Waals surface area contributed by atoms with Crippen molar-refractivity contribution >= 4 is 11.8 Å². The van der Waals surface area contributed by atoms with Crippen molar-refractivity contribution in [2.24, 2.45) is 0 Å². The number of aliphatic hydroxyl groups excluding tert-OH is 1. The molecule has 4 N–H and O–H groups in total. The van der Waals surface area contributed by atoms with E-state index in [-0.39, 0.29) is 12.6 Å². The largest absolute Gasteiger partial charge is 0.394 e. The van der Waals surface area contributed by atoms with E-state index in [4.69, 9.17) is 15.6 Å². The SMILES string of the molecule is Nc1nccc(NCCCOCCO)n1. The molecule has 0 fully saturated rings. The monoisotopic (exact) mass is 212 g/mol. The summed E-state index contributed by atoms with van der Waals surface area (Å²) in [4.78, 5) is 7.76. The standard InChI is InChI=1S/C9H16N4O2/c10-9-12-4-2-8(13-9)11-3-1-6-15-7-5-14/h2,4,14H,1,3,5-7H2,(H3,10,11,12,13). The lowest BCUT2D eigenvalue weighted by atomic mass is 10.4. The van der Waals surface area contributed by atoms with Crippen molar-refractivity contribution < 1.29 is 9.84 Å². The zero-order valence-electron chi connectivity index (χ0n) is 8.52. The van der Waals surface area contributed by atoms with Crippen LogP contribution in [0.15, 0.2) is 12.3 Å². The highest BCUT2D eigenvalue weighted by Gasteiger charge is 1.94. The number of nitrogens with two attached hydrogens (primary N) is 1. The molecule has 0 radical (unpaired) electrons. The minimum Gasteiger partial charge on any atom is -0.394 e. The number of rotatable bonds is 7. The maximum absolute atomic E-state index is 8.46. The number of hydrogen-bond donors (Lipinski definition) is 3. The Morgan fingerprint density at radius 2 is 2.33 bits per heavy atom. The van der Waals surface area contributed by atoms with Gasteiger partial charge in [0.1, 0.15) is 5.82 Å². The summed E-state index contributed by atoms with van der Waals surface area (Å²) in [7, 11) is 0. The fraction of sp³-hybridized carbons (Fsp3) is 0.556. The molecule has 1 heterocycles. The first kappa shape index (κ1) is 11.7. The number of hydrogen-bond acceptors (Lipinski definition) is 6. The minimum atomic E-state index is 0.0653. The summed E-state index contributed by atoms with van der Waals surface area (Å²) in [6.45, 7) is 1.83. The molecule has 15 heavy (non-hydrogen) atoms. The number of nitrogens with zero attached hydrogens (tertiary/aromatic N) is 2. The molecule has 0 amide bonds. The summed E-state index contributed by atoms with van der Waals surface area (Å²) >= 11 is 0. The minimum absolute atomic E-state index is 0.0653. The van der Waals surface area contributed by atoms with Gasteiger partial charge in [0, 0.05) is 19.3 Å². The second-order valence-corrected chi connectivity index (χ2v) is 2.92. The number of nitrogens with one attached hydrogen (secondary N) is 1. The molecule has 1 aromatic rings. The number of ether oxygens (including phenoxy) is 1. The third-order valence-electron chi connectivity index (χ3n) is 1.68. The molecule has 0 atom stereocenters. The topological polar surface area (TPSA) is 93.3 Å². The van der Waals surface area contributed by atoms with Crippen LogP contribution < -0.4 is 11.1 Å². The predicted octanol–water partition coefficient (Wildman–Crippen LogP) is -0.130. The molecule has 0 aliphatic rings. The van der Waals surface area contributed by atoms with Crippen LogP contribution in [0.2, 0.25) is 0 Å². The third-order valence-corrected chi connectivity index (χ3v) is 1.68. The molecular weight excluding hydrogens is 196 g/mol. The first-order valence-electron chi connectivity index (χ1n) is 4.84. The van der Waals surface area contributed by atoms with Crippen LogP contribution in [0.25, 0.3) is 0 Å². The lowest BCUT2D eigenvalue weighted by molar-refractivity contribution is 0.0922. The van der Waals surface area contributed by atoms with Crippen LogP contribution in [0.5, 0.6) is 0 Å². The molecule has 0 aromatic carbocycles. The fourth-order valence-electron chi connectivity index (χ4n) is 1.03. The summed E-state index contributed by atoms with van der Waals surface area (Å²) in [5, 5.41) is 11.5. The van der Waals surface area contributed by atoms with Gasteiger partial charge in [-0.2, -0.15) is 4.98 Å². The summed E-state index contributed by atoms with van der Waals surface area (Å²) < 4.78 is 5.10. The summed E-state index contributed by atoms with van der Waals surface area (Å²) in [6, 6.07) is 1.75. The normalized spacial score (nSPS) is 10.2. The Morgan fingerprint density at radius 1 is 1.47 bits per heavy atom. The molecule has 0 saturated carbocycles. The summed E-state index contributed by atoms with van der Waals surface area (Å²) in [5.74, 6) is 0.973. The Hall–Kier alpha value is -1.40. The van der Waals surface area contributed by atoms with E-state index in [0.717, 1.165) is 13.0 Å². The van der Waals surface area contributed by atoms with Crippen molar-refractivity contribution in [2.45, 2.75) is 6.42 Å². The van der Waals surface area contributed by atoms with Crippen LogP contribution in [0.1, 0.15) is 6.42 Å². The van der Waals surface area contributed by atoms with Gasteiger partial charge in [0.05, 0.1) is 13.2 Å². The number of aromatic nitrogens is 2. The van der Waals surface area contributed by atoms with Crippen LogP contribution in [-0.4, -0.2) is 41.4 Å². The smallest absolute Gasteiger partial charge is 0.221 e. The Bertz CT molecular complexity index is 283. The van der Waals surface area contributed by atoms with Crippen molar-refractivity contribution in [1.82, 2.24) is 9.97 Å². The predicted molar refractivity (Wildman–Crippen MR) is 57.5 cm³/mol. The van der Waals surface area contributed by atoms with E-state index in [2.05, 4.69) is 15.3 Å². The van der Waals surface area contributed by atoms with Gasteiger partial charge in [-0.1, -0.05) is 0 Å². The fourth-order valence-corrected chi connectivity index (χ4v) is 1.03. The van der Waals surface area contributed by atoms with Crippen molar-refractivity contribution in [3.63, 3.8) is 0 Å². The van der Waals surface area contributed by atoms with E-state index in [0.29, 0.717) is 19.0 Å². The van der Waals surface area contributed by atoms with E-state index in [1.54, 1.807) is 12.3 Å². The van der Waals surface area contributed by atoms with Gasteiger partial charge in [-0.3, -0.25) is 0 Å². The average Bonchev–Trinajstić information content (AvgIpc) is 2.23. The quantitative estimate of drug-likeness (QED) is 0.545. The summed E-state index contributed by atoms with van der Waals surface area (Å²) in [5.41, 5.74) is 5.41. The van der Waals surface area contributed by atoms with Crippen molar-refractivity contribution in [2.75, 3.05) is 37.4 Å². The first-order valence-corrected chi connectivity index (χ1v) is 4.84. The van der Waals surface area contributed by atoms with E-state index >= 15 is 0 Å². The van der Waals surface area contributed by atoms with Gasteiger partial charge in [-0.05, 0) is 12.5 Å². The molecular formula is C9H16N4O2. The Kier molecular flexibility index (Phi) is 5.42. The summed E-state index contributed by atoms with van der Waals surface area (Å²) in [6.07, 6.45) is 2.46. The van der Waals surface area contributed by atoms with E-state index in [1.807, 2.05) is 0 Å². The molecule has 1 aromatic heterocycles. The van der Waals surface area contributed by atoms with Crippen molar-refractivity contribution in [3.05, 3.63) is 12.3 Å². The molecule has 0 aliphatic carbocycles. The maximum Gasteiger partial charge on any atom is 0.221 e. The van der Waals surface area contributed by atoms with Gasteiger partial charge < -0.3 is 20.9 Å². The van der Waals surface area contributed by atoms with Gasteiger partial charge >= 0.3 is 0 Å². The van der Waals surface area contributed by atoms with Crippen molar-refractivity contribution in [1.29, 1.82) is 0 Å². The van der Waals surface area contributed by atoms with Crippen LogP contribution >= 0.6 is 0 Å². The zero-order chi connectivity index (χ0) is 10.9. The molecule has 0 aliphatic heterocycles. The first-order chi connectivity index (χ1) is 7.33. The maximum atomic E-state index is 8.46. The van der Waals surface area contributed by atoms with Crippen LogP contribution in [0, 0.1) is 0 Å². The highest BCUT2D eigenvalue weighted by Crippen LogP contribution is 2.02. The second kappa shape index (κ2) is 6.97. The van der Waals surface area contributed by atoms with Crippen LogP contribution in [0.3, 0.4) is 0 Å².